The average Bonchev–Trinajstić information content (AvgIpc) is 2.08. The summed E-state index contributed by atoms with van der Waals surface area (Å²) >= 11 is 0. The second-order valence-electron chi connectivity index (χ2n) is 5.24. The molecule has 116 valence electrons. The molecule has 0 atom stereocenters. The smallest absolute Gasteiger partial charge is 0.313 e. The minimum absolute atomic E-state index is 0.194. The predicted molar refractivity (Wildman–Crippen MR) is 60.9 cm³/mol. The highest BCUT2D eigenvalue weighted by molar-refractivity contribution is 4.94. The Balaban J connectivity index is 5.22. The molecule has 0 bridgehead atoms. The lowest BCUT2D eigenvalue weighted by molar-refractivity contribution is -0.196. The van der Waals surface area contributed by atoms with Crippen LogP contribution in [0.3, 0.4) is 0 Å². The fraction of sp³-hybridized carbons (Fsp3) is 1.00. The molecule has 0 saturated heterocycles. The Morgan fingerprint density at radius 3 is 1.47 bits per heavy atom. The number of hydrogen-bond donors (Lipinski definition) is 1. The normalized spacial score (nSPS) is 14.5. The summed E-state index contributed by atoms with van der Waals surface area (Å²) in [5, 5.41) is 2.67. The molecule has 0 amide bonds. The monoisotopic (exact) mass is 294 g/mol. The van der Waals surface area contributed by atoms with E-state index in [0.29, 0.717) is 0 Å². The molecule has 0 aliphatic carbocycles. The van der Waals surface area contributed by atoms with E-state index in [0.717, 1.165) is 4.90 Å². The maximum absolute atomic E-state index is 12.6. The first kappa shape index (κ1) is 18.5. The highest BCUT2D eigenvalue weighted by Crippen LogP contribution is 2.38. The third-order valence-corrected chi connectivity index (χ3v) is 2.85. The molecule has 19 heavy (non-hydrogen) atoms. The Morgan fingerprint density at radius 2 is 1.26 bits per heavy atom. The molecule has 0 unspecified atom stereocenters. The fourth-order valence-electron chi connectivity index (χ4n) is 1.80. The molecular weight excluding hydrogens is 274 g/mol. The zero-order valence-electron chi connectivity index (χ0n) is 11.4. The topological polar surface area (TPSA) is 15.3 Å². The van der Waals surface area contributed by atoms with Gasteiger partial charge in [-0.3, -0.25) is 0 Å². The van der Waals surface area contributed by atoms with Gasteiger partial charge in [-0.2, -0.15) is 26.3 Å². The van der Waals surface area contributed by atoms with Crippen LogP contribution in [0.15, 0.2) is 0 Å². The summed E-state index contributed by atoms with van der Waals surface area (Å²) in [5.41, 5.74) is -2.03. The van der Waals surface area contributed by atoms with E-state index in [1.165, 1.54) is 14.1 Å². The first-order valence-corrected chi connectivity index (χ1v) is 5.82. The van der Waals surface area contributed by atoms with Crippen LogP contribution in [0.2, 0.25) is 0 Å². The van der Waals surface area contributed by atoms with E-state index < -0.39 is 30.7 Å². The Hall–Kier alpha value is -0.500. The lowest BCUT2D eigenvalue weighted by Crippen LogP contribution is -2.57. The number of nitrogens with zero attached hydrogens (tertiary/aromatic N) is 1. The SMILES string of the molecule is CC(C)NCC(CC(F)(F)F)(CC(F)(F)F)N(C)C. The highest BCUT2D eigenvalue weighted by Gasteiger charge is 2.50. The maximum atomic E-state index is 12.6. The van der Waals surface area contributed by atoms with E-state index >= 15 is 0 Å². The molecule has 0 radical (unpaired) electrons. The van der Waals surface area contributed by atoms with Crippen molar-refractivity contribution in [1.29, 1.82) is 0 Å². The Bertz CT molecular complexity index is 253. The lowest BCUT2D eigenvalue weighted by Gasteiger charge is -2.41. The molecule has 0 rings (SSSR count). The van der Waals surface area contributed by atoms with Crippen LogP contribution in [0.4, 0.5) is 26.3 Å². The predicted octanol–water partition coefficient (Wildman–Crippen LogP) is 3.19. The Kier molecular flexibility index (Phi) is 6.13. The fourth-order valence-corrected chi connectivity index (χ4v) is 1.80. The summed E-state index contributed by atoms with van der Waals surface area (Å²) in [7, 11) is 2.47. The van der Waals surface area contributed by atoms with Crippen molar-refractivity contribution in [2.45, 2.75) is 50.6 Å². The Morgan fingerprint density at radius 1 is 0.895 bits per heavy atom. The maximum Gasteiger partial charge on any atom is 0.390 e. The first-order valence-electron chi connectivity index (χ1n) is 5.82. The van der Waals surface area contributed by atoms with Crippen molar-refractivity contribution in [1.82, 2.24) is 10.2 Å². The summed E-state index contributed by atoms with van der Waals surface area (Å²) in [6.45, 7) is 2.96. The molecular formula is C11H20F6N2. The molecule has 1 N–H and O–H groups in total. The van der Waals surface area contributed by atoms with Crippen LogP contribution in [0, 0.1) is 0 Å². The highest BCUT2D eigenvalue weighted by atomic mass is 19.4. The minimum Gasteiger partial charge on any atom is -0.313 e. The van der Waals surface area contributed by atoms with Gasteiger partial charge in [0.15, 0.2) is 0 Å². The van der Waals surface area contributed by atoms with E-state index in [1.807, 2.05) is 0 Å². The van der Waals surface area contributed by atoms with Crippen LogP contribution < -0.4 is 5.32 Å². The van der Waals surface area contributed by atoms with E-state index in [1.54, 1.807) is 13.8 Å². The second-order valence-corrected chi connectivity index (χ2v) is 5.24. The van der Waals surface area contributed by atoms with Gasteiger partial charge in [-0.1, -0.05) is 13.8 Å². The molecule has 8 heteroatoms. The minimum atomic E-state index is -4.66. The van der Waals surface area contributed by atoms with E-state index in [-0.39, 0.29) is 12.6 Å². The van der Waals surface area contributed by atoms with Crippen molar-refractivity contribution in [3.8, 4) is 0 Å². The number of alkyl halides is 6. The molecule has 0 saturated carbocycles. The largest absolute Gasteiger partial charge is 0.390 e. The molecule has 0 fully saturated rings. The number of nitrogens with one attached hydrogen (secondary N) is 1. The van der Waals surface area contributed by atoms with Crippen molar-refractivity contribution in [2.75, 3.05) is 20.6 Å². The Labute approximate surface area is 109 Å². The standard InChI is InChI=1S/C11H20F6N2/c1-8(2)18-7-9(19(3)4,5-10(12,13)14)6-11(15,16)17/h8,18H,5-7H2,1-4H3. The van der Waals surface area contributed by atoms with Gasteiger partial charge in [0.25, 0.3) is 0 Å². The second kappa shape index (κ2) is 6.30. The summed E-state index contributed by atoms with van der Waals surface area (Å²) < 4.78 is 75.5. The van der Waals surface area contributed by atoms with Crippen LogP contribution in [0.25, 0.3) is 0 Å². The first-order chi connectivity index (χ1) is 8.27. The zero-order valence-corrected chi connectivity index (χ0v) is 11.4. The summed E-state index contributed by atoms with van der Waals surface area (Å²) in [5.74, 6) is 0. The van der Waals surface area contributed by atoms with Crippen molar-refractivity contribution in [2.24, 2.45) is 0 Å². The molecule has 0 aliphatic rings. The molecule has 0 heterocycles. The van der Waals surface area contributed by atoms with Crippen molar-refractivity contribution < 1.29 is 26.3 Å². The van der Waals surface area contributed by atoms with Crippen molar-refractivity contribution in [3.63, 3.8) is 0 Å². The molecule has 0 spiro atoms. The van der Waals surface area contributed by atoms with Crippen LogP contribution >= 0.6 is 0 Å². The zero-order chi connectivity index (χ0) is 15.5. The van der Waals surface area contributed by atoms with Crippen LogP contribution in [-0.4, -0.2) is 49.5 Å². The number of hydrogen-bond acceptors (Lipinski definition) is 2. The number of halogens is 6. The summed E-state index contributed by atoms with van der Waals surface area (Å²) in [6, 6.07) is -0.194. The van der Waals surface area contributed by atoms with E-state index in [4.69, 9.17) is 0 Å². The van der Waals surface area contributed by atoms with E-state index in [9.17, 15) is 26.3 Å². The summed E-state index contributed by atoms with van der Waals surface area (Å²) in [4.78, 5) is 1.00. The van der Waals surface area contributed by atoms with Gasteiger partial charge in [0.2, 0.25) is 0 Å². The third-order valence-electron chi connectivity index (χ3n) is 2.85. The molecule has 2 nitrogen and oxygen atoms in total. The molecule has 0 aromatic carbocycles. The summed E-state index contributed by atoms with van der Waals surface area (Å²) in [6.07, 6.45) is -12.3. The average molecular weight is 294 g/mol. The molecule has 0 aliphatic heterocycles. The van der Waals surface area contributed by atoms with Gasteiger partial charge < -0.3 is 10.2 Å². The lowest BCUT2D eigenvalue weighted by atomic mass is 9.88. The number of rotatable bonds is 6. The number of likely N-dealkylation sites (N-methyl/N-ethyl adjacent to an activating group) is 1. The van der Waals surface area contributed by atoms with Crippen LogP contribution in [0.1, 0.15) is 26.7 Å². The van der Waals surface area contributed by atoms with Gasteiger partial charge in [-0.25, -0.2) is 0 Å². The quantitative estimate of drug-likeness (QED) is 0.757. The van der Waals surface area contributed by atoms with Gasteiger partial charge in [-0.05, 0) is 14.1 Å². The third kappa shape index (κ3) is 7.61. The van der Waals surface area contributed by atoms with Crippen molar-refractivity contribution >= 4 is 0 Å². The van der Waals surface area contributed by atoms with Gasteiger partial charge in [0, 0.05) is 18.1 Å². The van der Waals surface area contributed by atoms with Gasteiger partial charge in [-0.15, -0.1) is 0 Å². The van der Waals surface area contributed by atoms with Gasteiger partial charge in [0.1, 0.15) is 0 Å². The molecule has 0 aromatic heterocycles. The van der Waals surface area contributed by atoms with Crippen molar-refractivity contribution in [3.05, 3.63) is 0 Å². The van der Waals surface area contributed by atoms with Gasteiger partial charge in [0.05, 0.1) is 12.8 Å². The van der Waals surface area contributed by atoms with Crippen LogP contribution in [-0.2, 0) is 0 Å². The van der Waals surface area contributed by atoms with Crippen LogP contribution in [0.5, 0.6) is 0 Å². The van der Waals surface area contributed by atoms with Gasteiger partial charge >= 0.3 is 12.4 Å². The van der Waals surface area contributed by atoms with E-state index in [2.05, 4.69) is 5.32 Å². The molecule has 0 aromatic rings.